The molecule has 1 aromatic rings. The number of halogens is 2. The molecular weight excluding hydrogens is 268 g/mol. The minimum Gasteiger partial charge on any atom is -0.314 e. The van der Waals surface area contributed by atoms with Gasteiger partial charge in [0.2, 0.25) is 0 Å². The fraction of sp³-hybridized carbons (Fsp3) is 0.571. The van der Waals surface area contributed by atoms with Crippen molar-refractivity contribution in [3.05, 3.63) is 29.8 Å². The van der Waals surface area contributed by atoms with Gasteiger partial charge in [0.25, 0.3) is 0 Å². The maximum absolute atomic E-state index is 13.7. The van der Waals surface area contributed by atoms with Gasteiger partial charge in [0.15, 0.2) is 0 Å². The van der Waals surface area contributed by atoms with Gasteiger partial charge >= 0.3 is 0 Å². The summed E-state index contributed by atoms with van der Waals surface area (Å²) in [5.74, 6) is -0.930. The van der Waals surface area contributed by atoms with Crippen LogP contribution in [-0.2, 0) is 10.8 Å². The Morgan fingerprint density at radius 2 is 2.11 bits per heavy atom. The summed E-state index contributed by atoms with van der Waals surface area (Å²) in [6, 6.07) is 3.47. The van der Waals surface area contributed by atoms with E-state index < -0.39 is 22.4 Å². The minimum atomic E-state index is -1.49. The fourth-order valence-corrected chi connectivity index (χ4v) is 4.52. The van der Waals surface area contributed by atoms with Crippen LogP contribution in [0.1, 0.15) is 26.7 Å². The quantitative estimate of drug-likeness (QED) is 0.922. The van der Waals surface area contributed by atoms with Crippen LogP contribution < -0.4 is 5.32 Å². The van der Waals surface area contributed by atoms with Crippen molar-refractivity contribution >= 4 is 10.8 Å². The first kappa shape index (κ1) is 14.6. The Hall–Kier alpha value is -0.810. The third-order valence-electron chi connectivity index (χ3n) is 3.83. The van der Waals surface area contributed by atoms with Crippen LogP contribution in [0.3, 0.4) is 0 Å². The first-order chi connectivity index (χ1) is 9.04. The van der Waals surface area contributed by atoms with E-state index in [0.717, 1.165) is 37.6 Å². The lowest BCUT2D eigenvalue weighted by molar-refractivity contribution is 0.438. The van der Waals surface area contributed by atoms with Gasteiger partial charge in [0.1, 0.15) is 11.6 Å². The zero-order valence-corrected chi connectivity index (χ0v) is 12.0. The molecule has 1 fully saturated rings. The van der Waals surface area contributed by atoms with Crippen LogP contribution in [0.4, 0.5) is 8.78 Å². The zero-order valence-electron chi connectivity index (χ0n) is 11.2. The third-order valence-corrected chi connectivity index (χ3v) is 5.80. The standard InChI is InChI=1S/C14H19F2NOS/c1-3-17-12-6-7-13(9(12)2)19(18)14-8-10(15)4-5-11(14)16/h4-5,8-9,12-13,17H,3,6-7H2,1-2H3. The summed E-state index contributed by atoms with van der Waals surface area (Å²) in [7, 11) is -1.49. The van der Waals surface area contributed by atoms with Crippen molar-refractivity contribution in [2.75, 3.05) is 6.54 Å². The smallest absolute Gasteiger partial charge is 0.139 e. The molecule has 2 rings (SSSR count). The van der Waals surface area contributed by atoms with Gasteiger partial charge in [-0.15, -0.1) is 0 Å². The molecule has 1 saturated carbocycles. The van der Waals surface area contributed by atoms with Gasteiger partial charge in [-0.2, -0.15) is 0 Å². The fourth-order valence-electron chi connectivity index (χ4n) is 2.78. The van der Waals surface area contributed by atoms with Gasteiger partial charge in [-0.25, -0.2) is 8.78 Å². The Morgan fingerprint density at radius 3 is 2.79 bits per heavy atom. The average molecular weight is 287 g/mol. The van der Waals surface area contributed by atoms with Gasteiger partial charge in [-0.1, -0.05) is 13.8 Å². The van der Waals surface area contributed by atoms with Gasteiger partial charge in [0, 0.05) is 11.3 Å². The molecular formula is C14H19F2NOS. The second-order valence-corrected chi connectivity index (χ2v) is 6.65. The molecule has 0 aromatic heterocycles. The number of benzene rings is 1. The van der Waals surface area contributed by atoms with Gasteiger partial charge in [0.05, 0.1) is 15.7 Å². The molecule has 0 spiro atoms. The Kier molecular flexibility index (Phi) is 4.68. The number of hydrogen-bond acceptors (Lipinski definition) is 2. The molecule has 1 aliphatic carbocycles. The highest BCUT2D eigenvalue weighted by atomic mass is 32.2. The van der Waals surface area contributed by atoms with E-state index in [1.54, 1.807) is 0 Å². The van der Waals surface area contributed by atoms with Crippen LogP contribution >= 0.6 is 0 Å². The highest BCUT2D eigenvalue weighted by Gasteiger charge is 2.37. The van der Waals surface area contributed by atoms with E-state index in [9.17, 15) is 13.0 Å². The van der Waals surface area contributed by atoms with Crippen molar-refractivity contribution in [2.24, 2.45) is 5.92 Å². The maximum atomic E-state index is 13.7. The van der Waals surface area contributed by atoms with Crippen LogP contribution in [0.15, 0.2) is 23.1 Å². The van der Waals surface area contributed by atoms with Gasteiger partial charge < -0.3 is 5.32 Å². The lowest BCUT2D eigenvalue weighted by Gasteiger charge is -2.21. The summed E-state index contributed by atoms with van der Waals surface area (Å²) in [6.07, 6.45) is 1.71. The van der Waals surface area contributed by atoms with E-state index in [0.29, 0.717) is 6.04 Å². The molecule has 0 heterocycles. The summed E-state index contributed by atoms with van der Waals surface area (Å²) in [5.41, 5.74) is 0. The number of nitrogens with one attached hydrogen (secondary N) is 1. The molecule has 1 N–H and O–H groups in total. The van der Waals surface area contributed by atoms with Crippen LogP contribution in [0.25, 0.3) is 0 Å². The molecule has 0 amide bonds. The van der Waals surface area contributed by atoms with E-state index in [2.05, 4.69) is 5.32 Å². The summed E-state index contributed by atoms with van der Waals surface area (Å²) in [4.78, 5) is -0.00556. The van der Waals surface area contributed by atoms with E-state index >= 15 is 0 Å². The van der Waals surface area contributed by atoms with Crippen molar-refractivity contribution in [1.82, 2.24) is 5.32 Å². The average Bonchev–Trinajstić information content (AvgIpc) is 2.74. The molecule has 106 valence electrons. The zero-order chi connectivity index (χ0) is 14.0. The Balaban J connectivity index is 2.18. The van der Waals surface area contributed by atoms with Crippen molar-refractivity contribution < 1.29 is 13.0 Å². The molecule has 2 nitrogen and oxygen atoms in total. The minimum absolute atomic E-state index is 0.00556. The van der Waals surface area contributed by atoms with Gasteiger partial charge in [-0.3, -0.25) is 4.21 Å². The largest absolute Gasteiger partial charge is 0.314 e. The molecule has 4 atom stereocenters. The molecule has 5 heteroatoms. The molecule has 19 heavy (non-hydrogen) atoms. The molecule has 1 aliphatic rings. The lowest BCUT2D eigenvalue weighted by atomic mass is 10.1. The molecule has 1 aromatic carbocycles. The topological polar surface area (TPSA) is 29.1 Å². The summed E-state index contributed by atoms with van der Waals surface area (Å²) in [5, 5.41) is 3.24. The summed E-state index contributed by atoms with van der Waals surface area (Å²) in [6.45, 7) is 4.92. The summed E-state index contributed by atoms with van der Waals surface area (Å²) < 4.78 is 39.3. The van der Waals surface area contributed by atoms with E-state index in [1.807, 2.05) is 13.8 Å². The summed E-state index contributed by atoms with van der Waals surface area (Å²) >= 11 is 0. The maximum Gasteiger partial charge on any atom is 0.139 e. The van der Waals surface area contributed by atoms with Crippen LogP contribution in [0, 0.1) is 17.6 Å². The Bertz CT molecular complexity index is 481. The second-order valence-electron chi connectivity index (χ2n) is 5.01. The predicted molar refractivity (Wildman–Crippen MR) is 72.4 cm³/mol. The first-order valence-corrected chi connectivity index (χ1v) is 7.85. The van der Waals surface area contributed by atoms with Crippen LogP contribution in [0.5, 0.6) is 0 Å². The van der Waals surface area contributed by atoms with Crippen molar-refractivity contribution in [2.45, 2.75) is 42.9 Å². The van der Waals surface area contributed by atoms with Gasteiger partial charge in [-0.05, 0) is 43.5 Å². The SMILES string of the molecule is CCNC1CCC(S(=O)c2cc(F)ccc2F)C1C. The number of hydrogen-bond donors (Lipinski definition) is 1. The normalized spacial score (nSPS) is 28.5. The van der Waals surface area contributed by atoms with E-state index in [1.165, 1.54) is 0 Å². The monoisotopic (exact) mass is 287 g/mol. The molecule has 0 saturated heterocycles. The lowest BCUT2D eigenvalue weighted by Crippen LogP contribution is -2.35. The highest BCUT2D eigenvalue weighted by Crippen LogP contribution is 2.33. The highest BCUT2D eigenvalue weighted by molar-refractivity contribution is 7.85. The van der Waals surface area contributed by atoms with Crippen LogP contribution in [-0.4, -0.2) is 22.0 Å². The first-order valence-electron chi connectivity index (χ1n) is 6.63. The Labute approximate surface area is 115 Å². The van der Waals surface area contributed by atoms with E-state index in [-0.39, 0.29) is 16.1 Å². The van der Waals surface area contributed by atoms with Crippen molar-refractivity contribution in [3.63, 3.8) is 0 Å². The molecule has 0 bridgehead atoms. The third kappa shape index (κ3) is 3.03. The predicted octanol–water partition coefficient (Wildman–Crippen LogP) is 2.85. The molecule has 0 aliphatic heterocycles. The van der Waals surface area contributed by atoms with E-state index in [4.69, 9.17) is 0 Å². The molecule has 0 radical (unpaired) electrons. The Morgan fingerprint density at radius 1 is 1.37 bits per heavy atom. The van der Waals surface area contributed by atoms with Crippen molar-refractivity contribution in [3.8, 4) is 0 Å². The molecule has 4 unspecified atom stereocenters. The second kappa shape index (κ2) is 6.09. The van der Waals surface area contributed by atoms with Crippen molar-refractivity contribution in [1.29, 1.82) is 0 Å². The number of rotatable bonds is 4. The van der Waals surface area contributed by atoms with Crippen LogP contribution in [0.2, 0.25) is 0 Å².